The number of alkyl halides is 3. The molecule has 2 unspecified atom stereocenters. The summed E-state index contributed by atoms with van der Waals surface area (Å²) in [5.74, 6) is -0.132. The summed E-state index contributed by atoms with van der Waals surface area (Å²) in [7, 11) is 0. The smallest absolute Gasteiger partial charge is 0.336 e. The second kappa shape index (κ2) is 7.79. The molecular weight excluding hydrogens is 467 g/mol. The number of fused-ring (bicyclic) bond motifs is 4. The third-order valence-electron chi connectivity index (χ3n) is 6.43. The highest BCUT2D eigenvalue weighted by Gasteiger charge is 2.39. The number of amides is 1. The molecule has 0 radical (unpaired) electrons. The van der Waals surface area contributed by atoms with Crippen molar-refractivity contribution in [2.24, 2.45) is 5.92 Å². The van der Waals surface area contributed by atoms with Gasteiger partial charge in [-0.1, -0.05) is 26.8 Å². The van der Waals surface area contributed by atoms with E-state index >= 15 is 0 Å². The third-order valence-corrected chi connectivity index (χ3v) is 7.24. The van der Waals surface area contributed by atoms with Gasteiger partial charge in [0.25, 0.3) is 11.5 Å². The Balaban J connectivity index is 1.43. The minimum absolute atomic E-state index is 0.000256. The van der Waals surface area contributed by atoms with Gasteiger partial charge in [0.2, 0.25) is 5.13 Å². The predicted molar refractivity (Wildman–Crippen MR) is 120 cm³/mol. The van der Waals surface area contributed by atoms with E-state index < -0.39 is 17.3 Å². The van der Waals surface area contributed by atoms with Crippen molar-refractivity contribution in [2.75, 3.05) is 13.1 Å². The van der Waals surface area contributed by atoms with Crippen LogP contribution in [0.1, 0.15) is 60.7 Å². The predicted octanol–water partition coefficient (Wildman–Crippen LogP) is 4.07. The lowest BCUT2D eigenvalue weighted by molar-refractivity contribution is -0.142. The lowest BCUT2D eigenvalue weighted by atomic mass is 9.83. The number of halogens is 3. The van der Waals surface area contributed by atoms with E-state index in [2.05, 4.69) is 10.1 Å². The van der Waals surface area contributed by atoms with Crippen molar-refractivity contribution in [3.05, 3.63) is 62.8 Å². The fourth-order valence-corrected chi connectivity index (χ4v) is 5.54. The SMILES string of the molecule is CC(C)(C)c1cc(C(F)(F)F)n(-c2nc(C(=O)N3CC4CC(C3)c3cccc(=O)n3C4)cs2)n1. The number of hydrogen-bond donors (Lipinski definition) is 0. The van der Waals surface area contributed by atoms with Gasteiger partial charge in [0, 0.05) is 48.1 Å². The number of carbonyl (C=O) groups is 1. The molecule has 180 valence electrons. The molecule has 5 rings (SSSR count). The first kappa shape index (κ1) is 22.8. The van der Waals surface area contributed by atoms with Crippen LogP contribution in [0, 0.1) is 5.92 Å². The molecular formula is C23H24F3N5O2S. The molecule has 0 saturated carbocycles. The summed E-state index contributed by atoms with van der Waals surface area (Å²) in [6.45, 7) is 6.83. The van der Waals surface area contributed by atoms with E-state index in [0.717, 1.165) is 34.2 Å². The Morgan fingerprint density at radius 2 is 1.91 bits per heavy atom. The van der Waals surface area contributed by atoms with Gasteiger partial charge in [-0.2, -0.15) is 18.3 Å². The van der Waals surface area contributed by atoms with Gasteiger partial charge in [-0.3, -0.25) is 9.59 Å². The standard InChI is InChI=1S/C23H24F3N5O2S/c1-22(2,3)17-8-18(23(24,25)26)31(28-17)21-27-15(12-34-21)20(33)29-9-13-7-14(11-29)16-5-4-6-19(32)30(16)10-13/h4-6,8,12-14H,7,9-11H2,1-3H3. The molecule has 2 aliphatic heterocycles. The van der Waals surface area contributed by atoms with Gasteiger partial charge in [-0.05, 0) is 24.5 Å². The molecule has 1 fully saturated rings. The molecule has 1 saturated heterocycles. The van der Waals surface area contributed by atoms with Crippen molar-refractivity contribution in [3.63, 3.8) is 0 Å². The first-order valence-electron chi connectivity index (χ1n) is 11.0. The molecule has 7 nitrogen and oxygen atoms in total. The molecule has 34 heavy (non-hydrogen) atoms. The lowest BCUT2D eigenvalue weighted by Crippen LogP contribution is -2.49. The first-order chi connectivity index (χ1) is 15.9. The Morgan fingerprint density at radius 1 is 1.15 bits per heavy atom. The molecule has 0 aromatic carbocycles. The third kappa shape index (κ3) is 3.95. The molecule has 11 heteroatoms. The van der Waals surface area contributed by atoms with Gasteiger partial charge in [0.1, 0.15) is 5.69 Å². The van der Waals surface area contributed by atoms with Crippen LogP contribution in [-0.4, -0.2) is 43.2 Å². The van der Waals surface area contributed by atoms with E-state index in [1.807, 2.05) is 6.07 Å². The van der Waals surface area contributed by atoms with Crippen LogP contribution >= 0.6 is 11.3 Å². The van der Waals surface area contributed by atoms with Crippen molar-refractivity contribution in [1.82, 2.24) is 24.2 Å². The van der Waals surface area contributed by atoms with Crippen molar-refractivity contribution in [1.29, 1.82) is 0 Å². The van der Waals surface area contributed by atoms with Crippen molar-refractivity contribution >= 4 is 17.2 Å². The summed E-state index contributed by atoms with van der Waals surface area (Å²) in [4.78, 5) is 31.4. The zero-order valence-corrected chi connectivity index (χ0v) is 19.8. The Hall–Kier alpha value is -2.95. The van der Waals surface area contributed by atoms with Crippen molar-refractivity contribution in [2.45, 2.75) is 51.2 Å². The number of thiazole rings is 1. The van der Waals surface area contributed by atoms with Gasteiger partial charge in [0.15, 0.2) is 5.69 Å². The summed E-state index contributed by atoms with van der Waals surface area (Å²) in [6, 6.07) is 6.23. The average molecular weight is 492 g/mol. The zero-order valence-electron chi connectivity index (χ0n) is 19.0. The number of pyridine rings is 1. The Morgan fingerprint density at radius 3 is 2.62 bits per heavy atom. The van der Waals surface area contributed by atoms with E-state index in [4.69, 9.17) is 0 Å². The molecule has 3 aromatic rings. The fourth-order valence-electron chi connectivity index (χ4n) is 4.78. The molecule has 5 heterocycles. The summed E-state index contributed by atoms with van der Waals surface area (Å²) >= 11 is 0.957. The summed E-state index contributed by atoms with van der Waals surface area (Å²) in [5.41, 5.74) is -0.218. The number of piperidine rings is 1. The van der Waals surface area contributed by atoms with Gasteiger partial charge >= 0.3 is 6.18 Å². The van der Waals surface area contributed by atoms with E-state index in [1.165, 1.54) is 5.38 Å². The number of rotatable bonds is 2. The van der Waals surface area contributed by atoms with Crippen LogP contribution in [0.2, 0.25) is 0 Å². The topological polar surface area (TPSA) is 73.0 Å². The normalized spacial score (nSPS) is 20.4. The molecule has 2 bridgehead atoms. The van der Waals surface area contributed by atoms with Gasteiger partial charge in [0.05, 0.1) is 5.69 Å². The summed E-state index contributed by atoms with van der Waals surface area (Å²) < 4.78 is 43.6. The summed E-state index contributed by atoms with van der Waals surface area (Å²) in [6.07, 6.45) is -3.71. The minimum Gasteiger partial charge on any atom is -0.336 e. The second-order valence-corrected chi connectivity index (χ2v) is 10.8. The number of carbonyl (C=O) groups excluding carboxylic acids is 1. The largest absolute Gasteiger partial charge is 0.433 e. The highest BCUT2D eigenvalue weighted by atomic mass is 32.1. The molecule has 0 aliphatic carbocycles. The highest BCUT2D eigenvalue weighted by molar-refractivity contribution is 7.12. The number of aromatic nitrogens is 4. The van der Waals surface area contributed by atoms with Crippen LogP contribution in [0.4, 0.5) is 13.2 Å². The Bertz CT molecular complexity index is 1320. The molecule has 3 aromatic heterocycles. The van der Waals surface area contributed by atoms with Crippen LogP contribution in [0.25, 0.3) is 5.13 Å². The molecule has 0 spiro atoms. The maximum atomic E-state index is 13.7. The van der Waals surface area contributed by atoms with Crippen LogP contribution < -0.4 is 5.56 Å². The van der Waals surface area contributed by atoms with Crippen molar-refractivity contribution in [3.8, 4) is 5.13 Å². The van der Waals surface area contributed by atoms with E-state index in [9.17, 15) is 22.8 Å². The lowest BCUT2D eigenvalue weighted by Gasteiger charge is -2.42. The van der Waals surface area contributed by atoms with Gasteiger partial charge in [-0.25, -0.2) is 9.67 Å². The van der Waals surface area contributed by atoms with E-state index in [1.54, 1.807) is 42.4 Å². The number of hydrogen-bond acceptors (Lipinski definition) is 5. The van der Waals surface area contributed by atoms with Crippen LogP contribution in [-0.2, 0) is 18.1 Å². The highest BCUT2D eigenvalue weighted by Crippen LogP contribution is 2.37. The summed E-state index contributed by atoms with van der Waals surface area (Å²) in [5, 5.41) is 5.66. The monoisotopic (exact) mass is 491 g/mol. The van der Waals surface area contributed by atoms with E-state index in [0.29, 0.717) is 25.3 Å². The van der Waals surface area contributed by atoms with Crippen LogP contribution in [0.3, 0.4) is 0 Å². The average Bonchev–Trinajstić information content (AvgIpc) is 3.41. The van der Waals surface area contributed by atoms with Gasteiger partial charge in [-0.15, -0.1) is 11.3 Å². The maximum Gasteiger partial charge on any atom is 0.433 e. The first-order valence-corrected chi connectivity index (χ1v) is 11.9. The van der Waals surface area contributed by atoms with Gasteiger partial charge < -0.3 is 9.47 Å². The zero-order chi connectivity index (χ0) is 24.4. The molecule has 2 aliphatic rings. The fraction of sp³-hybridized carbons (Fsp3) is 0.478. The second-order valence-electron chi connectivity index (χ2n) is 10.00. The van der Waals surface area contributed by atoms with Crippen molar-refractivity contribution < 1.29 is 18.0 Å². The molecule has 1 amide bonds. The Labute approximate surface area is 197 Å². The maximum absolute atomic E-state index is 13.7. The number of likely N-dealkylation sites (tertiary alicyclic amines) is 1. The molecule has 2 atom stereocenters. The van der Waals surface area contributed by atoms with Crippen LogP contribution in [0.5, 0.6) is 0 Å². The van der Waals surface area contributed by atoms with E-state index in [-0.39, 0.29) is 34.1 Å². The Kier molecular flexibility index (Phi) is 5.23. The quantitative estimate of drug-likeness (QED) is 0.542. The number of nitrogens with zero attached hydrogens (tertiary/aromatic N) is 5. The molecule has 0 N–H and O–H groups in total. The van der Waals surface area contributed by atoms with Crippen LogP contribution in [0.15, 0.2) is 34.4 Å². The minimum atomic E-state index is -4.61.